The molecule has 182 valence electrons. The van der Waals surface area contributed by atoms with Crippen molar-refractivity contribution < 1.29 is 28.4 Å². The number of furan rings is 1. The van der Waals surface area contributed by atoms with Crippen LogP contribution < -0.4 is 10.6 Å². The zero-order chi connectivity index (χ0) is 25.4. The van der Waals surface area contributed by atoms with Gasteiger partial charge in [-0.25, -0.2) is 4.79 Å². The van der Waals surface area contributed by atoms with Crippen LogP contribution in [0.25, 0.3) is 0 Å². The van der Waals surface area contributed by atoms with Crippen molar-refractivity contribution in [2.75, 3.05) is 31.4 Å². The first-order valence-corrected chi connectivity index (χ1v) is 11.3. The Morgan fingerprint density at radius 2 is 2.03 bits per heavy atom. The minimum absolute atomic E-state index is 0.0486. The number of hydrogen-bond acceptors (Lipinski definition) is 10. The second kappa shape index (κ2) is 11.9. The van der Waals surface area contributed by atoms with Crippen molar-refractivity contribution in [2.45, 2.75) is 12.8 Å². The smallest absolute Gasteiger partial charge is 0.336 e. The summed E-state index contributed by atoms with van der Waals surface area (Å²) in [7, 11) is 1.49. The molecule has 0 saturated heterocycles. The first kappa shape index (κ1) is 25.5. The number of carbonyl (C=O) groups is 2. The summed E-state index contributed by atoms with van der Waals surface area (Å²) in [5.41, 5.74) is 1.21. The summed E-state index contributed by atoms with van der Waals surface area (Å²) in [6.45, 7) is 1.95. The number of nitrogens with one attached hydrogen (secondary N) is 2. The Kier molecular flexibility index (Phi) is 8.66. The number of benzene rings is 1. The van der Waals surface area contributed by atoms with Crippen LogP contribution in [-0.2, 0) is 19.1 Å². The third-order valence-electron chi connectivity index (χ3n) is 4.93. The number of nitro benzene ring substituents is 1. The Bertz CT molecular complexity index is 1200. The highest BCUT2D eigenvalue weighted by Crippen LogP contribution is 2.41. The molecule has 0 bridgehead atoms. The number of anilines is 1. The van der Waals surface area contributed by atoms with Gasteiger partial charge in [-0.3, -0.25) is 14.9 Å². The van der Waals surface area contributed by atoms with Crippen molar-refractivity contribution in [1.29, 1.82) is 5.26 Å². The number of dihydropyridines is 1. The van der Waals surface area contributed by atoms with E-state index in [4.69, 9.17) is 13.9 Å². The number of non-ortho nitro benzene ring substituents is 1. The van der Waals surface area contributed by atoms with Crippen molar-refractivity contribution in [3.63, 3.8) is 0 Å². The standard InChI is InChI=1S/C23H22N4O7S/c1-14-20(23(29)34-11-10-32-2)21(18-4-3-9-33-18)17(12-24)22(25-14)35-13-19(28)26-15-5-7-16(8-6-15)27(30)31/h3-9,21,25H,10-11,13H2,1-2H3,(H,26,28). The fourth-order valence-corrected chi connectivity index (χ4v) is 4.23. The van der Waals surface area contributed by atoms with Gasteiger partial charge in [-0.05, 0) is 31.2 Å². The number of hydrogen-bond donors (Lipinski definition) is 2. The largest absolute Gasteiger partial charge is 0.468 e. The quantitative estimate of drug-likeness (QED) is 0.215. The summed E-state index contributed by atoms with van der Waals surface area (Å²) in [5, 5.41) is 26.8. The van der Waals surface area contributed by atoms with E-state index in [2.05, 4.69) is 16.7 Å². The van der Waals surface area contributed by atoms with Crippen LogP contribution >= 0.6 is 11.8 Å². The van der Waals surface area contributed by atoms with Crippen LogP contribution in [0, 0.1) is 21.4 Å². The van der Waals surface area contributed by atoms with Crippen LogP contribution in [0.5, 0.6) is 0 Å². The van der Waals surface area contributed by atoms with Gasteiger partial charge in [-0.15, -0.1) is 0 Å². The van der Waals surface area contributed by atoms with Gasteiger partial charge in [0.05, 0.1) is 51.7 Å². The van der Waals surface area contributed by atoms with E-state index in [-0.39, 0.29) is 41.7 Å². The van der Waals surface area contributed by atoms with Gasteiger partial charge in [0, 0.05) is 30.6 Å². The number of ether oxygens (including phenoxy) is 2. The number of methoxy groups -OCH3 is 1. The molecule has 1 aromatic heterocycles. The number of nitro groups is 1. The summed E-state index contributed by atoms with van der Waals surface area (Å²) >= 11 is 1.08. The van der Waals surface area contributed by atoms with E-state index in [0.717, 1.165) is 11.8 Å². The van der Waals surface area contributed by atoms with Gasteiger partial charge in [-0.2, -0.15) is 5.26 Å². The molecule has 0 spiro atoms. The summed E-state index contributed by atoms with van der Waals surface area (Å²) in [6, 6.07) is 10.9. The molecule has 1 aromatic carbocycles. The maximum absolute atomic E-state index is 12.8. The highest BCUT2D eigenvalue weighted by molar-refractivity contribution is 8.03. The molecule has 2 heterocycles. The zero-order valence-electron chi connectivity index (χ0n) is 18.9. The fourth-order valence-electron chi connectivity index (χ4n) is 3.33. The molecule has 1 atom stereocenters. The SMILES string of the molecule is COCCOC(=O)C1=C(C)NC(SCC(=O)Nc2ccc([N+](=O)[O-])cc2)=C(C#N)C1c1ccco1. The molecule has 1 aliphatic rings. The van der Waals surface area contributed by atoms with Gasteiger partial charge in [0.1, 0.15) is 12.4 Å². The average molecular weight is 499 g/mol. The Labute approximate surface area is 204 Å². The number of rotatable bonds is 10. The van der Waals surface area contributed by atoms with Gasteiger partial charge in [0.25, 0.3) is 5.69 Å². The van der Waals surface area contributed by atoms with Gasteiger partial charge in [-0.1, -0.05) is 11.8 Å². The van der Waals surface area contributed by atoms with E-state index in [9.17, 15) is 25.0 Å². The molecule has 2 aromatic rings. The van der Waals surface area contributed by atoms with E-state index < -0.39 is 16.8 Å². The predicted molar refractivity (Wildman–Crippen MR) is 127 cm³/mol. The molecule has 1 amide bonds. The van der Waals surface area contributed by atoms with Gasteiger partial charge in [0.15, 0.2) is 0 Å². The topological polar surface area (TPSA) is 157 Å². The molecule has 0 saturated carbocycles. The van der Waals surface area contributed by atoms with Crippen LogP contribution in [0.2, 0.25) is 0 Å². The lowest BCUT2D eigenvalue weighted by Crippen LogP contribution is -2.29. The Balaban J connectivity index is 1.78. The maximum Gasteiger partial charge on any atom is 0.336 e. The van der Waals surface area contributed by atoms with Gasteiger partial charge in [0.2, 0.25) is 5.91 Å². The number of carbonyl (C=O) groups excluding carboxylic acids is 2. The van der Waals surface area contributed by atoms with Crippen LogP contribution in [0.3, 0.4) is 0 Å². The van der Waals surface area contributed by atoms with E-state index in [0.29, 0.717) is 22.2 Å². The maximum atomic E-state index is 12.8. The Morgan fingerprint density at radius 1 is 1.29 bits per heavy atom. The lowest BCUT2D eigenvalue weighted by molar-refractivity contribution is -0.384. The van der Waals surface area contributed by atoms with E-state index >= 15 is 0 Å². The molecular formula is C23H22N4O7S. The highest BCUT2D eigenvalue weighted by atomic mass is 32.2. The fraction of sp³-hybridized carbons (Fsp3) is 0.261. The first-order chi connectivity index (χ1) is 16.8. The number of amides is 1. The third-order valence-corrected chi connectivity index (χ3v) is 5.94. The Hall–Kier alpha value is -4.08. The highest BCUT2D eigenvalue weighted by Gasteiger charge is 2.37. The summed E-state index contributed by atoms with van der Waals surface area (Å²) < 4.78 is 15.7. The second-order valence-electron chi connectivity index (χ2n) is 7.24. The van der Waals surface area contributed by atoms with Crippen molar-refractivity contribution in [3.05, 3.63) is 80.4 Å². The van der Waals surface area contributed by atoms with Gasteiger partial charge < -0.3 is 24.5 Å². The lowest BCUT2D eigenvalue weighted by Gasteiger charge is -2.27. The van der Waals surface area contributed by atoms with Crippen LogP contribution in [0.1, 0.15) is 18.6 Å². The number of esters is 1. The number of thioether (sulfide) groups is 1. The van der Waals surface area contributed by atoms with E-state index in [1.165, 1.54) is 37.6 Å². The molecule has 1 aliphatic heterocycles. The molecule has 35 heavy (non-hydrogen) atoms. The molecular weight excluding hydrogens is 476 g/mol. The summed E-state index contributed by atoms with van der Waals surface area (Å²) in [5.74, 6) is -1.48. The molecule has 12 heteroatoms. The van der Waals surface area contributed by atoms with Crippen molar-refractivity contribution >= 4 is 35.0 Å². The summed E-state index contributed by atoms with van der Waals surface area (Å²) in [6.07, 6.45) is 1.44. The minimum Gasteiger partial charge on any atom is -0.468 e. The molecule has 3 rings (SSSR count). The van der Waals surface area contributed by atoms with Crippen molar-refractivity contribution in [3.8, 4) is 6.07 Å². The third kappa shape index (κ3) is 6.28. The molecule has 11 nitrogen and oxygen atoms in total. The Morgan fingerprint density at radius 3 is 2.63 bits per heavy atom. The predicted octanol–water partition coefficient (Wildman–Crippen LogP) is 3.45. The normalized spacial score (nSPS) is 15.3. The lowest BCUT2D eigenvalue weighted by atomic mass is 9.86. The average Bonchev–Trinajstić information content (AvgIpc) is 3.37. The number of nitrogens with zero attached hydrogens (tertiary/aromatic N) is 2. The second-order valence-corrected chi connectivity index (χ2v) is 8.22. The molecule has 2 N–H and O–H groups in total. The first-order valence-electron chi connectivity index (χ1n) is 10.3. The molecule has 0 aliphatic carbocycles. The zero-order valence-corrected chi connectivity index (χ0v) is 19.7. The molecule has 1 unspecified atom stereocenters. The van der Waals surface area contributed by atoms with Crippen molar-refractivity contribution in [1.82, 2.24) is 5.32 Å². The number of allylic oxidation sites excluding steroid dienone is 2. The monoisotopic (exact) mass is 498 g/mol. The molecule has 0 radical (unpaired) electrons. The van der Waals surface area contributed by atoms with Crippen LogP contribution in [0.15, 0.2) is 69.0 Å². The van der Waals surface area contributed by atoms with Crippen LogP contribution in [0.4, 0.5) is 11.4 Å². The van der Waals surface area contributed by atoms with Crippen molar-refractivity contribution in [2.24, 2.45) is 0 Å². The van der Waals surface area contributed by atoms with E-state index in [1.54, 1.807) is 19.1 Å². The molecule has 0 fully saturated rings. The van der Waals surface area contributed by atoms with E-state index in [1.807, 2.05) is 0 Å². The minimum atomic E-state index is -0.813. The summed E-state index contributed by atoms with van der Waals surface area (Å²) in [4.78, 5) is 35.5. The van der Waals surface area contributed by atoms with Gasteiger partial charge >= 0.3 is 5.97 Å². The van der Waals surface area contributed by atoms with Crippen LogP contribution in [-0.4, -0.2) is 42.9 Å². The number of nitriles is 1.